The molecular formula is C36H48O10. The summed E-state index contributed by atoms with van der Waals surface area (Å²) >= 11 is 0. The fraction of sp³-hybridized carbons (Fsp3) is 0.500. The molecule has 252 valence electrons. The smallest absolute Gasteiger partial charge is 0.338 e. The first kappa shape index (κ1) is 37.8. The lowest BCUT2D eigenvalue weighted by molar-refractivity contribution is 0.00458. The van der Waals surface area contributed by atoms with E-state index in [1.54, 1.807) is 95.2 Å². The fourth-order valence-electron chi connectivity index (χ4n) is 3.61. The van der Waals surface area contributed by atoms with Gasteiger partial charge in [-0.05, 0) is 132 Å². The van der Waals surface area contributed by atoms with Crippen molar-refractivity contribution in [1.29, 1.82) is 0 Å². The van der Waals surface area contributed by atoms with Gasteiger partial charge in [-0.3, -0.25) is 0 Å². The first-order valence-corrected chi connectivity index (χ1v) is 15.0. The van der Waals surface area contributed by atoms with Gasteiger partial charge in [-0.1, -0.05) is 0 Å². The van der Waals surface area contributed by atoms with Gasteiger partial charge in [0, 0.05) is 0 Å². The molecule has 2 rings (SSSR count). The topological polar surface area (TPSA) is 124 Å². The average Bonchev–Trinajstić information content (AvgIpc) is 2.86. The van der Waals surface area contributed by atoms with Gasteiger partial charge in [0.15, 0.2) is 0 Å². The molecule has 0 aliphatic heterocycles. The van der Waals surface area contributed by atoms with E-state index in [0.717, 1.165) is 0 Å². The quantitative estimate of drug-likeness (QED) is 0.146. The predicted molar refractivity (Wildman–Crippen MR) is 174 cm³/mol. The van der Waals surface area contributed by atoms with E-state index in [1.807, 2.05) is 0 Å². The third-order valence-corrected chi connectivity index (χ3v) is 5.21. The highest BCUT2D eigenvalue weighted by Crippen LogP contribution is 2.24. The van der Waals surface area contributed by atoms with Crippen molar-refractivity contribution in [3.8, 4) is 11.5 Å². The first-order valence-electron chi connectivity index (χ1n) is 15.0. The number of carbonyl (C=O) groups excluding carboxylic acids is 4. The molecule has 0 unspecified atom stereocenters. The van der Waals surface area contributed by atoms with Gasteiger partial charge in [0.05, 0.1) is 22.3 Å². The van der Waals surface area contributed by atoms with Crippen molar-refractivity contribution >= 4 is 23.9 Å². The summed E-state index contributed by atoms with van der Waals surface area (Å²) in [6.45, 7) is 21.1. The molecular weight excluding hydrogens is 592 g/mol. The Morgan fingerprint density at radius 1 is 0.435 bits per heavy atom. The summed E-state index contributed by atoms with van der Waals surface area (Å²) in [5.41, 5.74) is -2.35. The SMILES string of the molecule is CC(C)(C)OC(=O)c1cc(OC/C=C\COc2cc(C(=O)OC(C)(C)C)cc(C(=O)OC(C)(C)C)c2)cc(C(=O)OC(C)(C)C)c1. The number of benzene rings is 2. The summed E-state index contributed by atoms with van der Waals surface area (Å²) < 4.78 is 33.5. The van der Waals surface area contributed by atoms with Crippen molar-refractivity contribution in [3.63, 3.8) is 0 Å². The summed E-state index contributed by atoms with van der Waals surface area (Å²) in [6.07, 6.45) is 3.36. The second-order valence-electron chi connectivity index (χ2n) is 14.6. The van der Waals surface area contributed by atoms with E-state index in [-0.39, 0.29) is 47.0 Å². The molecule has 10 nitrogen and oxygen atoms in total. The van der Waals surface area contributed by atoms with Gasteiger partial charge < -0.3 is 28.4 Å². The Balaban J connectivity index is 2.20. The van der Waals surface area contributed by atoms with Crippen LogP contribution < -0.4 is 9.47 Å². The lowest BCUT2D eigenvalue weighted by Crippen LogP contribution is -2.25. The molecule has 0 heterocycles. The molecule has 0 radical (unpaired) electrons. The molecule has 0 bridgehead atoms. The van der Waals surface area contributed by atoms with Gasteiger partial charge in [0.1, 0.15) is 47.1 Å². The van der Waals surface area contributed by atoms with Gasteiger partial charge in [0.25, 0.3) is 0 Å². The monoisotopic (exact) mass is 640 g/mol. The molecule has 10 heteroatoms. The predicted octanol–water partition coefficient (Wildman–Crippen LogP) is 7.52. The number of hydrogen-bond acceptors (Lipinski definition) is 10. The minimum atomic E-state index is -0.733. The van der Waals surface area contributed by atoms with Gasteiger partial charge in [-0.15, -0.1) is 0 Å². The third kappa shape index (κ3) is 14.2. The number of ether oxygens (including phenoxy) is 6. The van der Waals surface area contributed by atoms with E-state index >= 15 is 0 Å². The molecule has 46 heavy (non-hydrogen) atoms. The molecule has 0 spiro atoms. The maximum absolute atomic E-state index is 12.8. The lowest BCUT2D eigenvalue weighted by atomic mass is 10.1. The molecule has 0 saturated heterocycles. The second-order valence-corrected chi connectivity index (χ2v) is 14.6. The van der Waals surface area contributed by atoms with Crippen molar-refractivity contribution in [3.05, 3.63) is 70.8 Å². The number of rotatable bonds is 10. The highest BCUT2D eigenvalue weighted by atomic mass is 16.6. The zero-order valence-corrected chi connectivity index (χ0v) is 29.1. The zero-order valence-electron chi connectivity index (χ0n) is 29.1. The van der Waals surface area contributed by atoms with Gasteiger partial charge in [-0.2, -0.15) is 0 Å². The highest BCUT2D eigenvalue weighted by molar-refractivity contribution is 5.97. The minimum Gasteiger partial charge on any atom is -0.489 e. The van der Waals surface area contributed by atoms with E-state index in [4.69, 9.17) is 28.4 Å². The molecule has 0 aromatic heterocycles. The van der Waals surface area contributed by atoms with Crippen molar-refractivity contribution in [2.24, 2.45) is 0 Å². The highest BCUT2D eigenvalue weighted by Gasteiger charge is 2.25. The molecule has 0 atom stereocenters. The number of carbonyl (C=O) groups is 4. The van der Waals surface area contributed by atoms with E-state index in [1.165, 1.54) is 36.4 Å². The Bertz CT molecular complexity index is 1240. The van der Waals surface area contributed by atoms with Crippen LogP contribution in [0.5, 0.6) is 11.5 Å². The molecule has 0 saturated carbocycles. The Hall–Kier alpha value is -4.34. The van der Waals surface area contributed by atoms with E-state index in [2.05, 4.69) is 0 Å². The van der Waals surface area contributed by atoms with Crippen LogP contribution >= 0.6 is 0 Å². The molecule has 0 aliphatic rings. The van der Waals surface area contributed by atoms with Crippen LogP contribution in [-0.4, -0.2) is 59.5 Å². The van der Waals surface area contributed by atoms with Crippen LogP contribution in [0.3, 0.4) is 0 Å². The maximum Gasteiger partial charge on any atom is 0.338 e. The van der Waals surface area contributed by atoms with Crippen LogP contribution in [0, 0.1) is 0 Å². The van der Waals surface area contributed by atoms with Crippen molar-refractivity contribution in [2.45, 2.75) is 105 Å². The Morgan fingerprint density at radius 2 is 0.652 bits per heavy atom. The van der Waals surface area contributed by atoms with Crippen LogP contribution in [0.2, 0.25) is 0 Å². The van der Waals surface area contributed by atoms with Crippen molar-refractivity contribution in [2.75, 3.05) is 13.2 Å². The Kier molecular flexibility index (Phi) is 12.2. The van der Waals surface area contributed by atoms with Crippen molar-refractivity contribution < 1.29 is 47.6 Å². The molecule has 0 N–H and O–H groups in total. The molecule has 0 fully saturated rings. The summed E-state index contributed by atoms with van der Waals surface area (Å²) in [7, 11) is 0. The zero-order chi connectivity index (χ0) is 35.1. The van der Waals surface area contributed by atoms with Crippen LogP contribution in [0.4, 0.5) is 0 Å². The largest absolute Gasteiger partial charge is 0.489 e. The number of hydrogen-bond donors (Lipinski definition) is 0. The van der Waals surface area contributed by atoms with Crippen LogP contribution in [-0.2, 0) is 18.9 Å². The second kappa shape index (κ2) is 14.8. The molecule has 0 amide bonds. The van der Waals surface area contributed by atoms with Gasteiger partial charge in [-0.25, -0.2) is 19.2 Å². The summed E-state index contributed by atoms with van der Waals surface area (Å²) in [5.74, 6) is -1.89. The van der Waals surface area contributed by atoms with Gasteiger partial charge >= 0.3 is 23.9 Å². The van der Waals surface area contributed by atoms with Crippen molar-refractivity contribution in [1.82, 2.24) is 0 Å². The molecule has 2 aromatic rings. The average molecular weight is 641 g/mol. The van der Waals surface area contributed by atoms with Crippen LogP contribution in [0.15, 0.2) is 48.6 Å². The van der Waals surface area contributed by atoms with E-state index in [9.17, 15) is 19.2 Å². The summed E-state index contributed by atoms with van der Waals surface area (Å²) in [4.78, 5) is 51.1. The minimum absolute atomic E-state index is 0.0794. The first-order chi connectivity index (χ1) is 20.9. The summed E-state index contributed by atoms with van der Waals surface area (Å²) in [6, 6.07) is 8.80. The fourth-order valence-corrected chi connectivity index (χ4v) is 3.61. The maximum atomic E-state index is 12.8. The Labute approximate surface area is 272 Å². The molecule has 0 aliphatic carbocycles. The van der Waals surface area contributed by atoms with Crippen LogP contribution in [0.25, 0.3) is 0 Å². The van der Waals surface area contributed by atoms with Gasteiger partial charge in [0.2, 0.25) is 0 Å². The standard InChI is InChI=1S/C36H48O10/c1-33(2,3)43-29(37)23-17-24(30(38)44-34(4,5)6)20-27(19-23)41-15-13-14-16-42-28-21-25(31(39)45-35(7,8)9)18-26(22-28)32(40)46-36(10,11)12/h13-14,17-22H,15-16H2,1-12H3/b14-13-. The lowest BCUT2D eigenvalue weighted by Gasteiger charge is -2.21. The number of esters is 4. The third-order valence-electron chi connectivity index (χ3n) is 5.21. The van der Waals surface area contributed by atoms with Crippen LogP contribution in [0.1, 0.15) is 125 Å². The summed E-state index contributed by atoms with van der Waals surface area (Å²) in [5, 5.41) is 0. The molecule has 2 aromatic carbocycles. The normalized spacial score (nSPS) is 12.3. The Morgan fingerprint density at radius 3 is 0.848 bits per heavy atom. The van der Waals surface area contributed by atoms with E-state index in [0.29, 0.717) is 0 Å². The van der Waals surface area contributed by atoms with E-state index < -0.39 is 46.3 Å².